The Kier molecular flexibility index (Phi) is 4.42. The van der Waals surface area contributed by atoms with E-state index in [-0.39, 0.29) is 11.7 Å². The summed E-state index contributed by atoms with van der Waals surface area (Å²) < 4.78 is 30.2. The van der Waals surface area contributed by atoms with E-state index in [0.29, 0.717) is 25.3 Å². The quantitative estimate of drug-likeness (QED) is 0.833. The van der Waals surface area contributed by atoms with E-state index in [1.807, 2.05) is 29.2 Å². The van der Waals surface area contributed by atoms with Crippen LogP contribution < -0.4 is 9.62 Å². The van der Waals surface area contributed by atoms with Gasteiger partial charge in [-0.05, 0) is 17.9 Å². The van der Waals surface area contributed by atoms with Gasteiger partial charge in [0.15, 0.2) is 5.69 Å². The first-order chi connectivity index (χ1) is 11.4. The van der Waals surface area contributed by atoms with Crippen molar-refractivity contribution in [3.8, 4) is 0 Å². The molecule has 1 aromatic carbocycles. The van der Waals surface area contributed by atoms with E-state index in [4.69, 9.17) is 4.74 Å². The molecule has 0 saturated carbocycles. The molecule has 1 aliphatic rings. The van der Waals surface area contributed by atoms with Crippen molar-refractivity contribution >= 4 is 32.6 Å². The maximum atomic E-state index is 11.9. The summed E-state index contributed by atoms with van der Waals surface area (Å²) in [4.78, 5) is 18.3. The smallest absolute Gasteiger partial charge is 0.356 e. The minimum Gasteiger partial charge on any atom is -0.464 e. The van der Waals surface area contributed by atoms with E-state index in [9.17, 15) is 13.2 Å². The SMILES string of the molecule is COC(=O)c1cc2ccccc2c(N2CC[C@@H](NS(C)(=O)=O)C2)n1. The highest BCUT2D eigenvalue weighted by molar-refractivity contribution is 7.88. The summed E-state index contributed by atoms with van der Waals surface area (Å²) in [5.41, 5.74) is 0.241. The Balaban J connectivity index is 1.98. The molecule has 1 aliphatic heterocycles. The van der Waals surface area contributed by atoms with Gasteiger partial charge in [-0.25, -0.2) is 22.9 Å². The number of benzene rings is 1. The number of carbonyl (C=O) groups excluding carboxylic acids is 1. The van der Waals surface area contributed by atoms with Crippen molar-refractivity contribution in [2.75, 3.05) is 31.4 Å². The number of anilines is 1. The molecule has 0 radical (unpaired) electrons. The van der Waals surface area contributed by atoms with Crippen LogP contribution in [-0.4, -0.2) is 51.9 Å². The number of sulfonamides is 1. The molecule has 1 aromatic heterocycles. The zero-order valence-corrected chi connectivity index (χ0v) is 14.3. The minimum atomic E-state index is -3.25. The fourth-order valence-corrected chi connectivity index (χ4v) is 3.78. The third-order valence-corrected chi connectivity index (χ3v) is 4.74. The Hall–Kier alpha value is -2.19. The van der Waals surface area contributed by atoms with Crippen molar-refractivity contribution in [1.82, 2.24) is 9.71 Å². The molecular formula is C16H19N3O4S. The monoisotopic (exact) mass is 349 g/mol. The fraction of sp³-hybridized carbons (Fsp3) is 0.375. The van der Waals surface area contributed by atoms with Gasteiger partial charge in [-0.1, -0.05) is 24.3 Å². The first-order valence-corrected chi connectivity index (χ1v) is 9.47. The van der Waals surface area contributed by atoms with Crippen molar-refractivity contribution in [3.63, 3.8) is 0 Å². The van der Waals surface area contributed by atoms with E-state index in [1.165, 1.54) is 7.11 Å². The number of nitrogens with zero attached hydrogens (tertiary/aromatic N) is 2. The molecule has 1 saturated heterocycles. The van der Waals surface area contributed by atoms with Crippen molar-refractivity contribution in [2.45, 2.75) is 12.5 Å². The normalized spacial score (nSPS) is 18.1. The Morgan fingerprint density at radius 3 is 2.83 bits per heavy atom. The first-order valence-electron chi connectivity index (χ1n) is 7.58. The summed E-state index contributed by atoms with van der Waals surface area (Å²) in [6, 6.07) is 9.19. The third-order valence-electron chi connectivity index (χ3n) is 3.98. The lowest BCUT2D eigenvalue weighted by Gasteiger charge is -2.20. The Morgan fingerprint density at radius 2 is 2.12 bits per heavy atom. The molecule has 1 atom stereocenters. The van der Waals surface area contributed by atoms with Crippen LogP contribution in [0, 0.1) is 0 Å². The molecular weight excluding hydrogens is 330 g/mol. The lowest BCUT2D eigenvalue weighted by atomic mass is 10.1. The topological polar surface area (TPSA) is 88.6 Å². The summed E-state index contributed by atoms with van der Waals surface area (Å²) in [7, 11) is -1.93. The summed E-state index contributed by atoms with van der Waals surface area (Å²) in [6.45, 7) is 1.17. The van der Waals surface area contributed by atoms with Gasteiger partial charge in [-0.3, -0.25) is 0 Å². The van der Waals surface area contributed by atoms with Crippen LogP contribution in [-0.2, 0) is 14.8 Å². The lowest BCUT2D eigenvalue weighted by molar-refractivity contribution is 0.0594. The number of nitrogens with one attached hydrogen (secondary N) is 1. The second kappa shape index (κ2) is 6.37. The lowest BCUT2D eigenvalue weighted by Crippen LogP contribution is -2.36. The van der Waals surface area contributed by atoms with Crippen LogP contribution in [0.25, 0.3) is 10.8 Å². The largest absolute Gasteiger partial charge is 0.464 e. The second-order valence-electron chi connectivity index (χ2n) is 5.87. The molecule has 1 fully saturated rings. The summed E-state index contributed by atoms with van der Waals surface area (Å²) in [6.07, 6.45) is 1.84. The van der Waals surface area contributed by atoms with Gasteiger partial charge in [0.25, 0.3) is 0 Å². The number of hydrogen-bond donors (Lipinski definition) is 1. The molecule has 0 bridgehead atoms. The van der Waals surface area contributed by atoms with Crippen LogP contribution in [0.4, 0.5) is 5.82 Å². The average Bonchev–Trinajstić information content (AvgIpc) is 2.99. The van der Waals surface area contributed by atoms with Crippen LogP contribution in [0.2, 0.25) is 0 Å². The van der Waals surface area contributed by atoms with E-state index < -0.39 is 16.0 Å². The molecule has 8 heteroatoms. The van der Waals surface area contributed by atoms with E-state index in [2.05, 4.69) is 9.71 Å². The molecule has 0 spiro atoms. The number of carbonyl (C=O) groups is 1. The Morgan fingerprint density at radius 1 is 1.38 bits per heavy atom. The minimum absolute atomic E-state index is 0.164. The number of esters is 1. The number of fused-ring (bicyclic) bond motifs is 1. The van der Waals surface area contributed by atoms with Crippen molar-refractivity contribution in [1.29, 1.82) is 0 Å². The highest BCUT2D eigenvalue weighted by atomic mass is 32.2. The number of aromatic nitrogens is 1. The average molecular weight is 349 g/mol. The molecule has 24 heavy (non-hydrogen) atoms. The van der Waals surface area contributed by atoms with Gasteiger partial charge in [0, 0.05) is 24.5 Å². The standard InChI is InChI=1S/C16H19N3O4S/c1-23-16(20)14-9-11-5-3-4-6-13(11)15(17-14)19-8-7-12(10-19)18-24(2,21)22/h3-6,9,12,18H,7-8,10H2,1-2H3/t12-/m1/s1. The van der Waals surface area contributed by atoms with Gasteiger partial charge in [0.05, 0.1) is 13.4 Å². The number of hydrogen-bond acceptors (Lipinski definition) is 6. The predicted molar refractivity (Wildman–Crippen MR) is 91.7 cm³/mol. The Bertz CT molecular complexity index is 882. The zero-order chi connectivity index (χ0) is 17.3. The molecule has 0 aliphatic carbocycles. The van der Waals surface area contributed by atoms with Crippen LogP contribution in [0.1, 0.15) is 16.9 Å². The zero-order valence-electron chi connectivity index (χ0n) is 13.5. The molecule has 0 amide bonds. The van der Waals surface area contributed by atoms with Crippen LogP contribution in [0.5, 0.6) is 0 Å². The van der Waals surface area contributed by atoms with Crippen LogP contribution >= 0.6 is 0 Å². The summed E-state index contributed by atoms with van der Waals surface area (Å²) in [5.74, 6) is 0.179. The number of rotatable bonds is 4. The van der Waals surface area contributed by atoms with Crippen molar-refractivity contribution in [2.24, 2.45) is 0 Å². The van der Waals surface area contributed by atoms with Crippen LogP contribution in [0.3, 0.4) is 0 Å². The van der Waals surface area contributed by atoms with E-state index in [0.717, 1.165) is 17.0 Å². The molecule has 7 nitrogen and oxygen atoms in total. The molecule has 128 valence electrons. The molecule has 3 rings (SSSR count). The molecule has 0 unspecified atom stereocenters. The van der Waals surface area contributed by atoms with Gasteiger partial charge >= 0.3 is 5.97 Å². The molecule has 2 heterocycles. The highest BCUT2D eigenvalue weighted by Crippen LogP contribution is 2.28. The van der Waals surface area contributed by atoms with E-state index >= 15 is 0 Å². The molecule has 1 N–H and O–H groups in total. The second-order valence-corrected chi connectivity index (χ2v) is 7.65. The first kappa shape index (κ1) is 16.7. The van der Waals surface area contributed by atoms with Gasteiger partial charge in [0.2, 0.25) is 10.0 Å². The number of methoxy groups -OCH3 is 1. The maximum absolute atomic E-state index is 11.9. The van der Waals surface area contributed by atoms with Gasteiger partial charge < -0.3 is 9.64 Å². The maximum Gasteiger partial charge on any atom is 0.356 e. The molecule has 2 aromatic rings. The number of ether oxygens (including phenoxy) is 1. The van der Waals surface area contributed by atoms with Gasteiger partial charge in [-0.15, -0.1) is 0 Å². The van der Waals surface area contributed by atoms with Crippen LogP contribution in [0.15, 0.2) is 30.3 Å². The summed E-state index contributed by atoms with van der Waals surface area (Å²) >= 11 is 0. The van der Waals surface area contributed by atoms with Gasteiger partial charge in [0.1, 0.15) is 5.82 Å². The highest BCUT2D eigenvalue weighted by Gasteiger charge is 2.27. The fourth-order valence-electron chi connectivity index (χ4n) is 2.98. The predicted octanol–water partition coefficient (Wildman–Crippen LogP) is 1.15. The van der Waals surface area contributed by atoms with Crippen molar-refractivity contribution < 1.29 is 17.9 Å². The summed E-state index contributed by atoms with van der Waals surface area (Å²) in [5, 5.41) is 1.81. The Labute approximate surface area is 140 Å². The number of pyridine rings is 1. The van der Waals surface area contributed by atoms with E-state index in [1.54, 1.807) is 6.07 Å². The third kappa shape index (κ3) is 3.49. The van der Waals surface area contributed by atoms with Crippen molar-refractivity contribution in [3.05, 3.63) is 36.0 Å². The van der Waals surface area contributed by atoms with Gasteiger partial charge in [-0.2, -0.15) is 0 Å².